The molecule has 1 aromatic heterocycles. The van der Waals surface area contributed by atoms with Gasteiger partial charge in [-0.3, -0.25) is 0 Å². The lowest BCUT2D eigenvalue weighted by molar-refractivity contribution is 0.487. The first-order valence-electron chi connectivity index (χ1n) is 6.01. The quantitative estimate of drug-likeness (QED) is 0.821. The molecule has 0 bridgehead atoms. The second-order valence-corrected chi connectivity index (χ2v) is 4.84. The first kappa shape index (κ1) is 10.7. The van der Waals surface area contributed by atoms with Crippen LogP contribution >= 0.6 is 0 Å². The average Bonchev–Trinajstić information content (AvgIpc) is 2.85. The number of hydrogen-bond acceptors (Lipinski definition) is 2. The van der Waals surface area contributed by atoms with Gasteiger partial charge in [-0.25, -0.2) is 4.98 Å². The molecule has 1 atom stereocenters. The molecule has 1 aliphatic rings. The maximum Gasteiger partial charge on any atom is 0.0948 e. The van der Waals surface area contributed by atoms with Crippen molar-refractivity contribution in [1.29, 1.82) is 0 Å². The zero-order chi connectivity index (χ0) is 10.7. The number of aromatic nitrogens is 2. The summed E-state index contributed by atoms with van der Waals surface area (Å²) in [4.78, 5) is 4.27. The Labute approximate surface area is 91.9 Å². The molecule has 0 spiro atoms. The third kappa shape index (κ3) is 2.59. The van der Waals surface area contributed by atoms with E-state index in [1.165, 1.54) is 25.0 Å². The van der Waals surface area contributed by atoms with Crippen LogP contribution in [0, 0.1) is 5.92 Å². The molecule has 84 valence electrons. The van der Waals surface area contributed by atoms with E-state index >= 15 is 0 Å². The van der Waals surface area contributed by atoms with Crippen LogP contribution in [0.4, 0.5) is 0 Å². The highest BCUT2D eigenvalue weighted by atomic mass is 15.1. The smallest absolute Gasteiger partial charge is 0.0948 e. The molecule has 1 aliphatic heterocycles. The van der Waals surface area contributed by atoms with Crippen molar-refractivity contribution < 1.29 is 0 Å². The zero-order valence-corrected chi connectivity index (χ0v) is 9.74. The molecule has 0 radical (unpaired) electrons. The Morgan fingerprint density at radius 1 is 1.60 bits per heavy atom. The van der Waals surface area contributed by atoms with Gasteiger partial charge in [0, 0.05) is 18.8 Å². The Bertz CT molecular complexity index is 298. The van der Waals surface area contributed by atoms with Gasteiger partial charge in [0.2, 0.25) is 0 Å². The average molecular weight is 207 g/mol. The summed E-state index contributed by atoms with van der Waals surface area (Å²) in [5.74, 6) is 0.761. The van der Waals surface area contributed by atoms with Crippen molar-refractivity contribution in [2.45, 2.75) is 45.7 Å². The lowest BCUT2D eigenvalue weighted by atomic mass is 10.1. The molecule has 0 saturated carbocycles. The van der Waals surface area contributed by atoms with Gasteiger partial charge in [0.15, 0.2) is 0 Å². The summed E-state index contributed by atoms with van der Waals surface area (Å²) in [6.07, 6.45) is 7.77. The molecular formula is C12H21N3. The lowest BCUT2D eigenvalue weighted by Crippen LogP contribution is -2.17. The molecule has 1 aromatic rings. The topological polar surface area (TPSA) is 29.9 Å². The first-order valence-corrected chi connectivity index (χ1v) is 6.01. The van der Waals surface area contributed by atoms with Crippen molar-refractivity contribution in [2.75, 3.05) is 6.54 Å². The van der Waals surface area contributed by atoms with E-state index in [2.05, 4.69) is 28.7 Å². The van der Waals surface area contributed by atoms with Gasteiger partial charge in [-0.05, 0) is 31.7 Å². The van der Waals surface area contributed by atoms with Crippen molar-refractivity contribution in [3.63, 3.8) is 0 Å². The number of hydrogen-bond donors (Lipinski definition) is 1. The monoisotopic (exact) mass is 207 g/mol. The van der Waals surface area contributed by atoms with Crippen molar-refractivity contribution in [2.24, 2.45) is 5.92 Å². The van der Waals surface area contributed by atoms with Crippen LogP contribution in [0.3, 0.4) is 0 Å². The van der Waals surface area contributed by atoms with Crippen molar-refractivity contribution in [3.8, 4) is 0 Å². The maximum atomic E-state index is 4.27. The van der Waals surface area contributed by atoms with Gasteiger partial charge in [-0.2, -0.15) is 0 Å². The first-order chi connectivity index (χ1) is 7.27. The normalized spacial score (nSPS) is 21.4. The largest absolute Gasteiger partial charge is 0.333 e. The minimum atomic E-state index is 0.541. The standard InChI is InChI=1S/C12H21N3/c1-10(2)5-7-15-9-13-8-12(15)11-4-3-6-14-11/h8-11,14H,3-7H2,1-2H3. The van der Waals surface area contributed by atoms with Crippen LogP contribution < -0.4 is 5.32 Å². The van der Waals surface area contributed by atoms with Gasteiger partial charge in [0.1, 0.15) is 0 Å². The van der Waals surface area contributed by atoms with Crippen LogP contribution in [0.1, 0.15) is 44.8 Å². The summed E-state index contributed by atoms with van der Waals surface area (Å²) in [5.41, 5.74) is 1.37. The fraction of sp³-hybridized carbons (Fsp3) is 0.750. The van der Waals surface area contributed by atoms with E-state index in [0.29, 0.717) is 6.04 Å². The fourth-order valence-corrected chi connectivity index (χ4v) is 2.14. The summed E-state index contributed by atoms with van der Waals surface area (Å²) >= 11 is 0. The van der Waals surface area contributed by atoms with E-state index in [-0.39, 0.29) is 0 Å². The highest BCUT2D eigenvalue weighted by Gasteiger charge is 2.19. The Morgan fingerprint density at radius 2 is 2.47 bits per heavy atom. The highest BCUT2D eigenvalue weighted by molar-refractivity contribution is 5.07. The van der Waals surface area contributed by atoms with E-state index in [9.17, 15) is 0 Å². The lowest BCUT2D eigenvalue weighted by Gasteiger charge is -2.14. The van der Waals surface area contributed by atoms with Gasteiger partial charge in [0.05, 0.1) is 12.0 Å². The van der Waals surface area contributed by atoms with Gasteiger partial charge in [-0.1, -0.05) is 13.8 Å². The minimum Gasteiger partial charge on any atom is -0.333 e. The number of imidazole rings is 1. The molecule has 0 aromatic carbocycles. The molecule has 3 heteroatoms. The van der Waals surface area contributed by atoms with Crippen molar-refractivity contribution in [3.05, 3.63) is 18.2 Å². The molecule has 1 saturated heterocycles. The van der Waals surface area contributed by atoms with Gasteiger partial charge in [0.25, 0.3) is 0 Å². The minimum absolute atomic E-state index is 0.541. The predicted molar refractivity (Wildman–Crippen MR) is 61.7 cm³/mol. The van der Waals surface area contributed by atoms with Gasteiger partial charge in [-0.15, -0.1) is 0 Å². The van der Waals surface area contributed by atoms with Crippen LogP contribution in [-0.2, 0) is 6.54 Å². The molecular weight excluding hydrogens is 186 g/mol. The zero-order valence-electron chi connectivity index (χ0n) is 9.74. The second kappa shape index (κ2) is 4.79. The molecule has 2 heterocycles. The van der Waals surface area contributed by atoms with Crippen molar-refractivity contribution in [1.82, 2.24) is 14.9 Å². The third-order valence-corrected chi connectivity index (χ3v) is 3.11. The molecule has 2 rings (SSSR count). The summed E-state index contributed by atoms with van der Waals surface area (Å²) in [6, 6.07) is 0.541. The SMILES string of the molecule is CC(C)CCn1cncc1C1CCCN1. The van der Waals surface area contributed by atoms with E-state index in [1.807, 2.05) is 12.5 Å². The molecule has 3 nitrogen and oxygen atoms in total. The number of aryl methyl sites for hydroxylation is 1. The van der Waals surface area contributed by atoms with Crippen molar-refractivity contribution >= 4 is 0 Å². The summed E-state index contributed by atoms with van der Waals surface area (Å²) in [6.45, 7) is 6.79. The van der Waals surface area contributed by atoms with E-state index in [0.717, 1.165) is 19.0 Å². The Balaban J connectivity index is 2.01. The molecule has 0 aliphatic carbocycles. The summed E-state index contributed by atoms with van der Waals surface area (Å²) in [7, 11) is 0. The van der Waals surface area contributed by atoms with Gasteiger partial charge < -0.3 is 9.88 Å². The van der Waals surface area contributed by atoms with Crippen LogP contribution in [0.15, 0.2) is 12.5 Å². The number of rotatable bonds is 4. The molecule has 1 N–H and O–H groups in total. The van der Waals surface area contributed by atoms with Crippen LogP contribution in [0.25, 0.3) is 0 Å². The second-order valence-electron chi connectivity index (χ2n) is 4.84. The van der Waals surface area contributed by atoms with Crippen LogP contribution in [-0.4, -0.2) is 16.1 Å². The fourth-order valence-electron chi connectivity index (χ4n) is 2.14. The Kier molecular flexibility index (Phi) is 3.41. The molecule has 1 fully saturated rings. The number of nitrogens with zero attached hydrogens (tertiary/aromatic N) is 2. The number of nitrogens with one attached hydrogen (secondary N) is 1. The predicted octanol–water partition coefficient (Wildman–Crippen LogP) is 2.35. The molecule has 15 heavy (non-hydrogen) atoms. The Morgan fingerprint density at radius 3 is 3.13 bits per heavy atom. The van der Waals surface area contributed by atoms with E-state index in [1.54, 1.807) is 0 Å². The Hall–Kier alpha value is -0.830. The van der Waals surface area contributed by atoms with Crippen LogP contribution in [0.5, 0.6) is 0 Å². The van der Waals surface area contributed by atoms with Crippen LogP contribution in [0.2, 0.25) is 0 Å². The summed E-state index contributed by atoms with van der Waals surface area (Å²) in [5, 5.41) is 3.53. The highest BCUT2D eigenvalue weighted by Crippen LogP contribution is 2.22. The van der Waals surface area contributed by atoms with Gasteiger partial charge >= 0.3 is 0 Å². The third-order valence-electron chi connectivity index (χ3n) is 3.11. The summed E-state index contributed by atoms with van der Waals surface area (Å²) < 4.78 is 2.31. The maximum absolute atomic E-state index is 4.27. The van der Waals surface area contributed by atoms with E-state index < -0.39 is 0 Å². The van der Waals surface area contributed by atoms with E-state index in [4.69, 9.17) is 0 Å². The molecule has 1 unspecified atom stereocenters. The molecule has 0 amide bonds.